The molecule has 0 spiro atoms. The van der Waals surface area contributed by atoms with E-state index in [9.17, 15) is 9.59 Å². The lowest BCUT2D eigenvalue weighted by molar-refractivity contribution is -0.147. The zero-order chi connectivity index (χ0) is 12.0. The summed E-state index contributed by atoms with van der Waals surface area (Å²) in [7, 11) is 0. The molecule has 1 N–H and O–H groups in total. The van der Waals surface area contributed by atoms with Gasteiger partial charge in [-0.15, -0.1) is 6.58 Å². The molecule has 0 aromatic rings. The Morgan fingerprint density at radius 2 is 1.87 bits per heavy atom. The topological polar surface area (TPSA) is 54.4 Å². The molecule has 0 unspecified atom stereocenters. The molecule has 0 fully saturated rings. The highest BCUT2D eigenvalue weighted by Crippen LogP contribution is 2.25. The zero-order valence-electron chi connectivity index (χ0n) is 9.69. The summed E-state index contributed by atoms with van der Waals surface area (Å²) in [4.78, 5) is 22.4. The molecule has 0 aliphatic heterocycles. The summed E-state index contributed by atoms with van der Waals surface area (Å²) < 4.78 is 0. The highest BCUT2D eigenvalue weighted by atomic mass is 16.4. The van der Waals surface area contributed by atoms with Gasteiger partial charge in [-0.25, -0.2) is 0 Å². The van der Waals surface area contributed by atoms with E-state index in [4.69, 9.17) is 5.11 Å². The van der Waals surface area contributed by atoms with Crippen molar-refractivity contribution in [3.63, 3.8) is 0 Å². The largest absolute Gasteiger partial charge is 0.481 e. The summed E-state index contributed by atoms with van der Waals surface area (Å²) in [5.41, 5.74) is 0. The molecule has 0 aliphatic rings. The summed E-state index contributed by atoms with van der Waals surface area (Å²) in [5.74, 6) is -1.69. The van der Waals surface area contributed by atoms with E-state index in [1.54, 1.807) is 6.08 Å². The van der Waals surface area contributed by atoms with Crippen molar-refractivity contribution < 1.29 is 14.7 Å². The highest BCUT2D eigenvalue weighted by Gasteiger charge is 2.30. The number of carboxylic acid groups (broad SMARTS) is 1. The molecule has 0 heterocycles. The molecule has 0 saturated carbocycles. The van der Waals surface area contributed by atoms with Crippen LogP contribution in [0.25, 0.3) is 0 Å². The third kappa shape index (κ3) is 4.77. The molecule has 0 aliphatic carbocycles. The first kappa shape index (κ1) is 13.9. The van der Waals surface area contributed by atoms with Crippen LogP contribution >= 0.6 is 0 Å². The fourth-order valence-electron chi connectivity index (χ4n) is 1.74. The van der Waals surface area contributed by atoms with Crippen LogP contribution in [0, 0.1) is 17.8 Å². The molecular formula is C12H20O3. The normalized spacial score (nSPS) is 14.7. The first-order chi connectivity index (χ1) is 6.90. The fourth-order valence-corrected chi connectivity index (χ4v) is 1.74. The molecule has 0 rings (SSSR count). The van der Waals surface area contributed by atoms with Gasteiger partial charge in [-0.1, -0.05) is 19.9 Å². The van der Waals surface area contributed by atoms with Crippen LogP contribution in [0.1, 0.15) is 33.6 Å². The third-order valence-electron chi connectivity index (χ3n) is 2.47. The number of hydrogen-bond donors (Lipinski definition) is 1. The van der Waals surface area contributed by atoms with Gasteiger partial charge in [0.15, 0.2) is 0 Å². The maximum absolute atomic E-state index is 11.4. The van der Waals surface area contributed by atoms with Gasteiger partial charge < -0.3 is 5.11 Å². The van der Waals surface area contributed by atoms with Gasteiger partial charge in [-0.3, -0.25) is 9.59 Å². The third-order valence-corrected chi connectivity index (χ3v) is 2.47. The number of allylic oxidation sites excluding steroid dienone is 1. The number of Topliss-reactive ketones (excluding diaryl/α,β-unsaturated/α-hetero) is 1. The lowest BCUT2D eigenvalue weighted by Crippen LogP contribution is -2.29. The molecule has 2 atom stereocenters. The second-order valence-corrected chi connectivity index (χ2v) is 4.32. The van der Waals surface area contributed by atoms with E-state index < -0.39 is 17.8 Å². The summed E-state index contributed by atoms with van der Waals surface area (Å²) in [6.45, 7) is 8.93. The van der Waals surface area contributed by atoms with E-state index in [0.29, 0.717) is 12.8 Å². The molecule has 86 valence electrons. The minimum absolute atomic E-state index is 0.0667. The van der Waals surface area contributed by atoms with Gasteiger partial charge >= 0.3 is 5.97 Å². The van der Waals surface area contributed by atoms with Crippen molar-refractivity contribution in [3.8, 4) is 0 Å². The van der Waals surface area contributed by atoms with Crippen molar-refractivity contribution in [2.75, 3.05) is 0 Å². The van der Waals surface area contributed by atoms with Gasteiger partial charge in [0.25, 0.3) is 0 Å². The van der Waals surface area contributed by atoms with Crippen molar-refractivity contribution in [1.82, 2.24) is 0 Å². The molecule has 0 bridgehead atoms. The van der Waals surface area contributed by atoms with Crippen molar-refractivity contribution in [2.24, 2.45) is 17.8 Å². The fraction of sp³-hybridized carbons (Fsp3) is 0.667. The van der Waals surface area contributed by atoms with Gasteiger partial charge in [0.1, 0.15) is 5.78 Å². The predicted molar refractivity (Wildman–Crippen MR) is 59.6 cm³/mol. The predicted octanol–water partition coefficient (Wildman–Crippen LogP) is 2.51. The Morgan fingerprint density at radius 1 is 1.33 bits per heavy atom. The average Bonchev–Trinajstić information content (AvgIpc) is 2.09. The van der Waals surface area contributed by atoms with E-state index in [1.807, 2.05) is 13.8 Å². The number of carbonyl (C=O) groups is 2. The van der Waals surface area contributed by atoms with Crippen LogP contribution in [-0.2, 0) is 9.59 Å². The second-order valence-electron chi connectivity index (χ2n) is 4.32. The lowest BCUT2D eigenvalue weighted by atomic mass is 9.81. The van der Waals surface area contributed by atoms with Crippen LogP contribution in [-0.4, -0.2) is 16.9 Å². The quantitative estimate of drug-likeness (QED) is 0.660. The summed E-state index contributed by atoms with van der Waals surface area (Å²) >= 11 is 0. The molecule has 3 nitrogen and oxygen atoms in total. The minimum Gasteiger partial charge on any atom is -0.481 e. The maximum Gasteiger partial charge on any atom is 0.307 e. The number of carbonyl (C=O) groups excluding carboxylic acids is 1. The van der Waals surface area contributed by atoms with Gasteiger partial charge in [0, 0.05) is 5.92 Å². The van der Waals surface area contributed by atoms with Crippen LogP contribution < -0.4 is 0 Å². The number of carboxylic acids is 1. The maximum atomic E-state index is 11.4. The number of rotatable bonds is 7. The standard InChI is InChI=1S/C12H20O3/c1-5-6-10(9(4)13)11(12(14)15)7-8(2)3/h5,8,10-11H,1,6-7H2,2-4H3,(H,14,15)/t10-,11-/m1/s1. The van der Waals surface area contributed by atoms with Gasteiger partial charge in [0.05, 0.1) is 5.92 Å². The van der Waals surface area contributed by atoms with Gasteiger partial charge in [0.2, 0.25) is 0 Å². The lowest BCUT2D eigenvalue weighted by Gasteiger charge is -2.21. The highest BCUT2D eigenvalue weighted by molar-refractivity contribution is 5.84. The molecular weight excluding hydrogens is 192 g/mol. The van der Waals surface area contributed by atoms with Gasteiger partial charge in [-0.2, -0.15) is 0 Å². The molecule has 0 radical (unpaired) electrons. The Kier molecular flexibility index (Phi) is 5.90. The average molecular weight is 212 g/mol. The summed E-state index contributed by atoms with van der Waals surface area (Å²) in [5, 5.41) is 9.08. The summed E-state index contributed by atoms with van der Waals surface area (Å²) in [6, 6.07) is 0. The number of ketones is 1. The first-order valence-corrected chi connectivity index (χ1v) is 5.24. The molecule has 0 aromatic carbocycles. The van der Waals surface area contributed by atoms with Crippen molar-refractivity contribution in [1.29, 1.82) is 0 Å². The monoisotopic (exact) mass is 212 g/mol. The number of aliphatic carboxylic acids is 1. The Morgan fingerprint density at radius 3 is 2.13 bits per heavy atom. The van der Waals surface area contributed by atoms with Crippen molar-refractivity contribution in [2.45, 2.75) is 33.6 Å². The Hall–Kier alpha value is -1.12. The Labute approximate surface area is 91.2 Å². The SMILES string of the molecule is C=CC[C@H](C(C)=O)[C@@H](CC(C)C)C(=O)O. The van der Waals surface area contributed by atoms with E-state index in [1.165, 1.54) is 6.92 Å². The molecule has 15 heavy (non-hydrogen) atoms. The molecule has 0 aromatic heterocycles. The van der Waals surface area contributed by atoms with Crippen LogP contribution in [0.15, 0.2) is 12.7 Å². The second kappa shape index (κ2) is 6.38. The Balaban J connectivity index is 4.74. The Bertz CT molecular complexity index is 243. The van der Waals surface area contributed by atoms with E-state index in [-0.39, 0.29) is 11.7 Å². The van der Waals surface area contributed by atoms with E-state index >= 15 is 0 Å². The number of hydrogen-bond acceptors (Lipinski definition) is 2. The molecule has 0 saturated heterocycles. The van der Waals surface area contributed by atoms with Crippen LogP contribution in [0.5, 0.6) is 0 Å². The van der Waals surface area contributed by atoms with Crippen LogP contribution in [0.2, 0.25) is 0 Å². The van der Waals surface area contributed by atoms with Crippen LogP contribution in [0.4, 0.5) is 0 Å². The first-order valence-electron chi connectivity index (χ1n) is 5.24. The van der Waals surface area contributed by atoms with Gasteiger partial charge in [-0.05, 0) is 25.7 Å². The van der Waals surface area contributed by atoms with E-state index in [2.05, 4.69) is 6.58 Å². The van der Waals surface area contributed by atoms with Crippen molar-refractivity contribution in [3.05, 3.63) is 12.7 Å². The molecule has 0 amide bonds. The van der Waals surface area contributed by atoms with E-state index in [0.717, 1.165) is 0 Å². The van der Waals surface area contributed by atoms with Crippen LogP contribution in [0.3, 0.4) is 0 Å². The van der Waals surface area contributed by atoms with Crippen molar-refractivity contribution >= 4 is 11.8 Å². The summed E-state index contributed by atoms with van der Waals surface area (Å²) in [6.07, 6.45) is 2.59. The zero-order valence-corrected chi connectivity index (χ0v) is 9.69. The smallest absolute Gasteiger partial charge is 0.307 e. The minimum atomic E-state index is -0.884. The molecule has 3 heteroatoms.